The number of para-hydroxylation sites is 1. The molecule has 216 valence electrons. The molecular formula is C32H33N5O5. The number of amides is 2. The minimum atomic E-state index is -0.999. The van der Waals surface area contributed by atoms with Crippen LogP contribution in [0.3, 0.4) is 0 Å². The molecule has 42 heavy (non-hydrogen) atoms. The van der Waals surface area contributed by atoms with E-state index in [1.165, 1.54) is 0 Å². The molecule has 0 atom stereocenters. The average Bonchev–Trinajstić information content (AvgIpc) is 3.02. The molecular weight excluding hydrogens is 534 g/mol. The van der Waals surface area contributed by atoms with Gasteiger partial charge in [-0.2, -0.15) is 0 Å². The molecule has 1 saturated heterocycles. The molecule has 0 bridgehead atoms. The molecule has 1 N–H and O–H groups in total. The van der Waals surface area contributed by atoms with Crippen LogP contribution >= 0.6 is 0 Å². The first kappa shape index (κ1) is 27.3. The van der Waals surface area contributed by atoms with E-state index in [9.17, 15) is 14.7 Å². The Balaban J connectivity index is 1.18. The molecule has 0 spiro atoms. The number of aromatic carboxylic acids is 1. The number of benzene rings is 3. The molecule has 2 amide bonds. The van der Waals surface area contributed by atoms with Gasteiger partial charge in [-0.05, 0) is 48.1 Å². The van der Waals surface area contributed by atoms with E-state index in [0.29, 0.717) is 36.1 Å². The Bertz CT molecular complexity index is 1640. The summed E-state index contributed by atoms with van der Waals surface area (Å²) in [6.45, 7) is 2.97. The van der Waals surface area contributed by atoms with E-state index in [2.05, 4.69) is 14.9 Å². The highest BCUT2D eigenvalue weighted by Crippen LogP contribution is 2.36. The standard InChI is InChI=1S/C32H33N5O5/c1-41-28-15-25-26(16-29(28)42-2)33-20-34-30(25)35-13-11-21(12-14-35)17-36-18-23-8-4-6-10-27(23)37(32(36)40)19-22-7-3-5-9-24(22)31(38)39/h3-10,15-16,20-21H,11-14,17-19H2,1-2H3,(H,38,39). The van der Waals surface area contributed by atoms with Crippen LogP contribution in [0, 0.1) is 5.92 Å². The number of carbonyl (C=O) groups excluding carboxylic acids is 1. The van der Waals surface area contributed by atoms with Crippen LogP contribution in [0.4, 0.5) is 16.3 Å². The van der Waals surface area contributed by atoms with E-state index in [4.69, 9.17) is 9.47 Å². The Hall–Kier alpha value is -4.86. The van der Waals surface area contributed by atoms with Gasteiger partial charge in [0.2, 0.25) is 0 Å². The lowest BCUT2D eigenvalue weighted by Gasteiger charge is -2.40. The van der Waals surface area contributed by atoms with Crippen LogP contribution in [-0.4, -0.2) is 65.8 Å². The van der Waals surface area contributed by atoms with Gasteiger partial charge in [-0.1, -0.05) is 36.4 Å². The number of ether oxygens (including phenoxy) is 2. The lowest BCUT2D eigenvalue weighted by atomic mass is 9.95. The molecule has 0 unspecified atom stereocenters. The van der Waals surface area contributed by atoms with Crippen molar-refractivity contribution in [1.82, 2.24) is 14.9 Å². The van der Waals surface area contributed by atoms with Crippen molar-refractivity contribution in [1.29, 1.82) is 0 Å². The summed E-state index contributed by atoms with van der Waals surface area (Å²) in [7, 11) is 3.22. The summed E-state index contributed by atoms with van der Waals surface area (Å²) in [6.07, 6.45) is 3.40. The number of carboxylic acids is 1. The highest BCUT2D eigenvalue weighted by atomic mass is 16.5. The highest BCUT2D eigenvalue weighted by Gasteiger charge is 2.33. The predicted molar refractivity (Wildman–Crippen MR) is 159 cm³/mol. The number of fused-ring (bicyclic) bond motifs is 2. The average molecular weight is 568 g/mol. The van der Waals surface area contributed by atoms with Gasteiger partial charge < -0.3 is 24.4 Å². The maximum Gasteiger partial charge on any atom is 0.336 e. The minimum absolute atomic E-state index is 0.0980. The van der Waals surface area contributed by atoms with E-state index in [0.717, 1.165) is 53.9 Å². The fourth-order valence-electron chi connectivity index (χ4n) is 6.05. The lowest BCUT2D eigenvalue weighted by molar-refractivity contribution is 0.0695. The summed E-state index contributed by atoms with van der Waals surface area (Å²) in [5, 5.41) is 10.6. The van der Waals surface area contributed by atoms with Crippen LogP contribution in [0.2, 0.25) is 0 Å². The maximum absolute atomic E-state index is 13.8. The van der Waals surface area contributed by atoms with E-state index in [1.54, 1.807) is 49.7 Å². The number of rotatable bonds is 8. The summed E-state index contributed by atoms with van der Waals surface area (Å²) < 4.78 is 11.0. The van der Waals surface area contributed by atoms with Crippen molar-refractivity contribution in [2.75, 3.05) is 43.7 Å². The maximum atomic E-state index is 13.8. The first-order valence-corrected chi connectivity index (χ1v) is 14.0. The SMILES string of the molecule is COc1cc2ncnc(N3CCC(CN4Cc5ccccc5N(Cc5ccccc5C(=O)O)C4=O)CC3)c2cc1OC. The first-order valence-electron chi connectivity index (χ1n) is 14.0. The number of carboxylic acid groups (broad SMARTS) is 1. The molecule has 10 heteroatoms. The van der Waals surface area contributed by atoms with Crippen molar-refractivity contribution < 1.29 is 24.2 Å². The molecule has 0 radical (unpaired) electrons. The molecule has 4 aromatic rings. The predicted octanol–water partition coefficient (Wildman–Crippen LogP) is 5.20. The number of carbonyl (C=O) groups is 2. The van der Waals surface area contributed by atoms with E-state index < -0.39 is 5.97 Å². The number of aromatic nitrogens is 2. The van der Waals surface area contributed by atoms with Crippen LogP contribution in [0.5, 0.6) is 11.5 Å². The number of piperidine rings is 1. The van der Waals surface area contributed by atoms with Gasteiger partial charge in [0.1, 0.15) is 12.1 Å². The number of methoxy groups -OCH3 is 2. The van der Waals surface area contributed by atoms with Gasteiger partial charge in [0.25, 0.3) is 0 Å². The minimum Gasteiger partial charge on any atom is -0.493 e. The van der Waals surface area contributed by atoms with Crippen molar-refractivity contribution in [3.05, 3.63) is 83.7 Å². The lowest BCUT2D eigenvalue weighted by Crippen LogP contribution is -2.49. The fourth-order valence-corrected chi connectivity index (χ4v) is 6.05. The monoisotopic (exact) mass is 567 g/mol. The highest BCUT2D eigenvalue weighted by molar-refractivity contribution is 5.96. The first-order chi connectivity index (χ1) is 20.5. The van der Waals surface area contributed by atoms with Crippen molar-refractivity contribution in [3.63, 3.8) is 0 Å². The van der Waals surface area contributed by atoms with Crippen molar-refractivity contribution in [2.45, 2.75) is 25.9 Å². The van der Waals surface area contributed by atoms with Crippen molar-refractivity contribution in [3.8, 4) is 11.5 Å². The number of hydrogen-bond donors (Lipinski definition) is 1. The van der Waals surface area contributed by atoms with Crippen LogP contribution in [-0.2, 0) is 13.1 Å². The summed E-state index contributed by atoms with van der Waals surface area (Å²) in [4.78, 5) is 40.6. The van der Waals surface area contributed by atoms with Gasteiger partial charge in [0.15, 0.2) is 11.5 Å². The van der Waals surface area contributed by atoms with Crippen LogP contribution in [0.1, 0.15) is 34.3 Å². The summed E-state index contributed by atoms with van der Waals surface area (Å²) in [5.74, 6) is 1.45. The smallest absolute Gasteiger partial charge is 0.336 e. The zero-order valence-electron chi connectivity index (χ0n) is 23.7. The van der Waals surface area contributed by atoms with E-state index in [1.807, 2.05) is 41.3 Å². The Morgan fingerprint density at radius 3 is 2.45 bits per heavy atom. The Labute approximate surface area is 244 Å². The van der Waals surface area contributed by atoms with Crippen LogP contribution in [0.25, 0.3) is 10.9 Å². The molecule has 0 aliphatic carbocycles. The molecule has 0 saturated carbocycles. The van der Waals surface area contributed by atoms with Crippen molar-refractivity contribution in [2.24, 2.45) is 5.92 Å². The number of nitrogens with zero attached hydrogens (tertiary/aromatic N) is 5. The molecule has 3 heterocycles. The molecule has 1 fully saturated rings. The van der Waals surface area contributed by atoms with Gasteiger partial charge in [0, 0.05) is 37.6 Å². The Morgan fingerprint density at radius 2 is 1.69 bits per heavy atom. The molecule has 10 nitrogen and oxygen atoms in total. The molecule has 3 aromatic carbocycles. The third-order valence-electron chi connectivity index (χ3n) is 8.23. The fraction of sp³-hybridized carbons (Fsp3) is 0.312. The van der Waals surface area contributed by atoms with Gasteiger partial charge in [-0.15, -0.1) is 0 Å². The quantitative estimate of drug-likeness (QED) is 0.309. The molecule has 6 rings (SSSR count). The Kier molecular flexibility index (Phi) is 7.52. The largest absolute Gasteiger partial charge is 0.493 e. The second-order valence-corrected chi connectivity index (χ2v) is 10.7. The summed E-state index contributed by atoms with van der Waals surface area (Å²) >= 11 is 0. The number of urea groups is 1. The van der Waals surface area contributed by atoms with Gasteiger partial charge in [-0.3, -0.25) is 4.90 Å². The van der Waals surface area contributed by atoms with E-state index >= 15 is 0 Å². The zero-order valence-corrected chi connectivity index (χ0v) is 23.7. The zero-order chi connectivity index (χ0) is 29.2. The molecule has 2 aliphatic rings. The van der Waals surface area contributed by atoms with Crippen LogP contribution in [0.15, 0.2) is 67.0 Å². The molecule has 2 aliphatic heterocycles. The summed E-state index contributed by atoms with van der Waals surface area (Å²) in [5.41, 5.74) is 3.49. The van der Waals surface area contributed by atoms with Crippen molar-refractivity contribution >= 4 is 34.4 Å². The van der Waals surface area contributed by atoms with Gasteiger partial charge in [-0.25, -0.2) is 19.6 Å². The normalized spacial score (nSPS) is 15.6. The van der Waals surface area contributed by atoms with E-state index in [-0.39, 0.29) is 18.1 Å². The topological polar surface area (TPSA) is 108 Å². The van der Waals surface area contributed by atoms with Crippen LogP contribution < -0.4 is 19.3 Å². The Morgan fingerprint density at radius 1 is 0.976 bits per heavy atom. The second kappa shape index (κ2) is 11.6. The summed E-state index contributed by atoms with van der Waals surface area (Å²) in [6, 6.07) is 18.4. The van der Waals surface area contributed by atoms with Gasteiger partial charge >= 0.3 is 12.0 Å². The molecule has 1 aromatic heterocycles. The second-order valence-electron chi connectivity index (χ2n) is 10.7. The third-order valence-corrected chi connectivity index (χ3v) is 8.23. The number of hydrogen-bond acceptors (Lipinski definition) is 7. The number of anilines is 2. The van der Waals surface area contributed by atoms with Gasteiger partial charge in [0.05, 0.1) is 37.5 Å². The third kappa shape index (κ3) is 5.15.